The van der Waals surface area contributed by atoms with E-state index >= 15 is 0 Å². The second-order valence-corrected chi connectivity index (χ2v) is 6.54. The van der Waals surface area contributed by atoms with E-state index < -0.39 is 0 Å². The van der Waals surface area contributed by atoms with Crippen LogP contribution in [0.3, 0.4) is 0 Å². The first-order valence-corrected chi connectivity index (χ1v) is 9.00. The van der Waals surface area contributed by atoms with Crippen LogP contribution in [0.4, 0.5) is 4.79 Å². The van der Waals surface area contributed by atoms with Crippen LogP contribution in [0.15, 0.2) is 36.5 Å². The summed E-state index contributed by atoms with van der Waals surface area (Å²) in [6, 6.07) is 9.15. The molecule has 0 atom stereocenters. The Labute approximate surface area is 158 Å². The van der Waals surface area contributed by atoms with Gasteiger partial charge in [0.2, 0.25) is 0 Å². The molecule has 27 heavy (non-hydrogen) atoms. The number of hydrogen-bond acceptors (Lipinski definition) is 4. The van der Waals surface area contributed by atoms with Crippen molar-refractivity contribution in [1.29, 1.82) is 0 Å². The number of hydrogen-bond donors (Lipinski definition) is 1. The van der Waals surface area contributed by atoms with Crippen LogP contribution >= 0.6 is 0 Å². The summed E-state index contributed by atoms with van der Waals surface area (Å²) in [5, 5.41) is 7.19. The molecule has 1 aliphatic rings. The number of para-hydroxylation sites is 1. The molecule has 3 amide bonds. The number of aromatic nitrogens is 2. The molecule has 1 N–H and O–H groups in total. The average molecular weight is 371 g/mol. The number of rotatable bonds is 5. The Morgan fingerprint density at radius 1 is 1.11 bits per heavy atom. The maximum atomic E-state index is 12.3. The fraction of sp³-hybridized carbons (Fsp3) is 0.421. The lowest BCUT2D eigenvalue weighted by atomic mass is 10.2. The smallest absolute Gasteiger partial charge is 0.317 e. The van der Waals surface area contributed by atoms with E-state index in [0.717, 1.165) is 11.3 Å². The molecule has 8 heteroatoms. The van der Waals surface area contributed by atoms with Crippen LogP contribution in [0.1, 0.15) is 11.3 Å². The number of ether oxygens (including phenoxy) is 1. The highest BCUT2D eigenvalue weighted by atomic mass is 16.5. The highest BCUT2D eigenvalue weighted by Gasteiger charge is 2.24. The first-order valence-electron chi connectivity index (χ1n) is 9.00. The molecule has 1 fully saturated rings. The summed E-state index contributed by atoms with van der Waals surface area (Å²) in [5.74, 6) is 0.611. The molecule has 0 spiro atoms. The Balaban J connectivity index is 1.40. The number of carbonyl (C=O) groups excluding carboxylic acids is 2. The highest BCUT2D eigenvalue weighted by molar-refractivity contribution is 5.79. The first-order chi connectivity index (χ1) is 13.0. The van der Waals surface area contributed by atoms with E-state index in [1.807, 2.05) is 50.5 Å². The SMILES string of the molecule is Cc1nn(C)cc1CNC(=O)N1CCN(C(=O)COc2ccccc2)CC1. The number of nitrogens with one attached hydrogen (secondary N) is 1. The van der Waals surface area contributed by atoms with Gasteiger partial charge in [-0.25, -0.2) is 4.79 Å². The zero-order chi connectivity index (χ0) is 19.2. The van der Waals surface area contributed by atoms with Crippen molar-refractivity contribution in [2.24, 2.45) is 7.05 Å². The van der Waals surface area contributed by atoms with E-state index in [9.17, 15) is 9.59 Å². The summed E-state index contributed by atoms with van der Waals surface area (Å²) >= 11 is 0. The van der Waals surface area contributed by atoms with Crippen molar-refractivity contribution in [2.45, 2.75) is 13.5 Å². The lowest BCUT2D eigenvalue weighted by Gasteiger charge is -2.34. The molecule has 3 rings (SSSR count). The minimum absolute atomic E-state index is 0.0104. The molecule has 0 bridgehead atoms. The predicted molar refractivity (Wildman–Crippen MR) is 100 cm³/mol. The van der Waals surface area contributed by atoms with Gasteiger partial charge < -0.3 is 19.9 Å². The summed E-state index contributed by atoms with van der Waals surface area (Å²) in [6.45, 7) is 4.42. The molecule has 2 heterocycles. The van der Waals surface area contributed by atoms with Gasteiger partial charge in [-0.15, -0.1) is 0 Å². The second kappa shape index (κ2) is 8.57. The Bertz CT molecular complexity index is 782. The highest BCUT2D eigenvalue weighted by Crippen LogP contribution is 2.10. The molecule has 144 valence electrons. The molecule has 0 unspecified atom stereocenters. The third-order valence-electron chi connectivity index (χ3n) is 4.57. The van der Waals surface area contributed by atoms with Gasteiger partial charge >= 0.3 is 6.03 Å². The molecule has 0 aliphatic carbocycles. The van der Waals surface area contributed by atoms with Gasteiger partial charge in [0.1, 0.15) is 5.75 Å². The van der Waals surface area contributed by atoms with Gasteiger partial charge in [0.05, 0.1) is 5.69 Å². The minimum Gasteiger partial charge on any atom is -0.484 e. The van der Waals surface area contributed by atoms with E-state index in [1.165, 1.54) is 0 Å². The monoisotopic (exact) mass is 371 g/mol. The van der Waals surface area contributed by atoms with Gasteiger partial charge in [0.25, 0.3) is 5.91 Å². The lowest BCUT2D eigenvalue weighted by Crippen LogP contribution is -2.53. The third-order valence-corrected chi connectivity index (χ3v) is 4.57. The third kappa shape index (κ3) is 4.99. The molecule has 8 nitrogen and oxygen atoms in total. The summed E-state index contributed by atoms with van der Waals surface area (Å²) in [6.07, 6.45) is 1.90. The van der Waals surface area contributed by atoms with Gasteiger partial charge in [0, 0.05) is 51.5 Å². The number of nitrogens with zero attached hydrogens (tertiary/aromatic N) is 4. The van der Waals surface area contributed by atoms with E-state index in [0.29, 0.717) is 38.5 Å². The topological polar surface area (TPSA) is 79.7 Å². The van der Waals surface area contributed by atoms with Crippen molar-refractivity contribution in [3.63, 3.8) is 0 Å². The maximum absolute atomic E-state index is 12.3. The number of aryl methyl sites for hydroxylation is 2. The minimum atomic E-state index is -0.120. The number of urea groups is 1. The van der Waals surface area contributed by atoms with E-state index in [-0.39, 0.29) is 18.5 Å². The van der Waals surface area contributed by atoms with E-state index in [2.05, 4.69) is 10.4 Å². The van der Waals surface area contributed by atoms with Crippen molar-refractivity contribution in [1.82, 2.24) is 24.9 Å². The Morgan fingerprint density at radius 3 is 2.41 bits per heavy atom. The van der Waals surface area contributed by atoms with Crippen molar-refractivity contribution in [3.05, 3.63) is 47.8 Å². The van der Waals surface area contributed by atoms with Gasteiger partial charge in [-0.1, -0.05) is 18.2 Å². The van der Waals surface area contributed by atoms with E-state index in [4.69, 9.17) is 4.74 Å². The van der Waals surface area contributed by atoms with Gasteiger partial charge in [-0.2, -0.15) is 5.10 Å². The number of carbonyl (C=O) groups is 2. The van der Waals surface area contributed by atoms with Crippen LogP contribution in [-0.4, -0.2) is 64.3 Å². The fourth-order valence-electron chi connectivity index (χ4n) is 3.02. The first kappa shape index (κ1) is 18.8. The van der Waals surface area contributed by atoms with Crippen LogP contribution < -0.4 is 10.1 Å². The summed E-state index contributed by atoms with van der Waals surface area (Å²) in [4.78, 5) is 28.1. The maximum Gasteiger partial charge on any atom is 0.317 e. The fourth-order valence-corrected chi connectivity index (χ4v) is 3.02. The van der Waals surface area contributed by atoms with Crippen LogP contribution in [0.2, 0.25) is 0 Å². The Morgan fingerprint density at radius 2 is 1.78 bits per heavy atom. The van der Waals surface area contributed by atoms with Crippen LogP contribution in [-0.2, 0) is 18.4 Å². The summed E-state index contributed by atoms with van der Waals surface area (Å²) in [7, 11) is 1.86. The zero-order valence-electron chi connectivity index (χ0n) is 15.7. The molecule has 1 aromatic carbocycles. The zero-order valence-corrected chi connectivity index (χ0v) is 15.7. The average Bonchev–Trinajstić information content (AvgIpc) is 3.02. The summed E-state index contributed by atoms with van der Waals surface area (Å²) < 4.78 is 7.24. The Kier molecular flexibility index (Phi) is 5.95. The van der Waals surface area contributed by atoms with Crippen molar-refractivity contribution in [2.75, 3.05) is 32.8 Å². The molecular weight excluding hydrogens is 346 g/mol. The molecule has 0 radical (unpaired) electrons. The quantitative estimate of drug-likeness (QED) is 0.855. The number of amides is 3. The number of benzene rings is 1. The van der Waals surface area contributed by atoms with Gasteiger partial charge in [-0.3, -0.25) is 9.48 Å². The summed E-state index contributed by atoms with van der Waals surface area (Å²) in [5.41, 5.74) is 1.91. The van der Waals surface area contributed by atoms with Gasteiger partial charge in [0.15, 0.2) is 6.61 Å². The van der Waals surface area contributed by atoms with Gasteiger partial charge in [-0.05, 0) is 19.1 Å². The molecule has 0 saturated carbocycles. The predicted octanol–water partition coefficient (Wildman–Crippen LogP) is 1.16. The second-order valence-electron chi connectivity index (χ2n) is 6.54. The molecule has 1 saturated heterocycles. The molecular formula is C19H25N5O3. The van der Waals surface area contributed by atoms with Crippen molar-refractivity contribution >= 4 is 11.9 Å². The molecule has 2 aromatic rings. The standard InChI is InChI=1S/C19H25N5O3/c1-15-16(13-22(2)21-15)12-20-19(26)24-10-8-23(9-11-24)18(25)14-27-17-6-4-3-5-7-17/h3-7,13H,8-12,14H2,1-2H3,(H,20,26). The number of piperazine rings is 1. The van der Waals surface area contributed by atoms with Crippen molar-refractivity contribution < 1.29 is 14.3 Å². The molecule has 1 aliphatic heterocycles. The normalized spacial score (nSPS) is 14.1. The van der Waals surface area contributed by atoms with Crippen molar-refractivity contribution in [3.8, 4) is 5.75 Å². The van der Waals surface area contributed by atoms with Crippen LogP contribution in [0.25, 0.3) is 0 Å². The van der Waals surface area contributed by atoms with E-state index in [1.54, 1.807) is 14.5 Å². The largest absolute Gasteiger partial charge is 0.484 e. The lowest BCUT2D eigenvalue weighted by molar-refractivity contribution is -0.134. The van der Waals surface area contributed by atoms with Crippen LogP contribution in [0.5, 0.6) is 5.75 Å². The molecule has 1 aromatic heterocycles. The Hall–Kier alpha value is -3.03. The van der Waals surface area contributed by atoms with Crippen LogP contribution in [0, 0.1) is 6.92 Å².